The highest BCUT2D eigenvalue weighted by atomic mass is 16.7. The Morgan fingerprint density at radius 1 is 1.00 bits per heavy atom. The Kier molecular flexibility index (Phi) is 8.20. The van der Waals surface area contributed by atoms with Crippen LogP contribution in [0.4, 0.5) is 0 Å². The lowest BCUT2D eigenvalue weighted by Crippen LogP contribution is -2.34. The number of rotatable bonds is 9. The van der Waals surface area contributed by atoms with Gasteiger partial charge in [-0.1, -0.05) is 13.8 Å². The quantitative estimate of drug-likeness (QED) is 0.646. The molecule has 1 unspecified atom stereocenters. The van der Waals surface area contributed by atoms with Crippen molar-refractivity contribution in [1.29, 1.82) is 0 Å². The first-order valence-corrected chi connectivity index (χ1v) is 6.75. The number of hydrogen-bond acceptors (Lipinski definition) is 3. The Labute approximate surface area is 111 Å². The monoisotopic (exact) mass is 260 g/mol. The molecule has 0 aromatic heterocycles. The van der Waals surface area contributed by atoms with E-state index in [4.69, 9.17) is 14.6 Å². The van der Waals surface area contributed by atoms with Gasteiger partial charge in [0.2, 0.25) is 0 Å². The van der Waals surface area contributed by atoms with Crippen LogP contribution in [0.1, 0.15) is 54.4 Å². The highest BCUT2D eigenvalue weighted by Crippen LogP contribution is 2.24. The van der Waals surface area contributed by atoms with E-state index in [1.54, 1.807) is 0 Å². The molecule has 0 rings (SSSR count). The molecule has 0 aliphatic heterocycles. The summed E-state index contributed by atoms with van der Waals surface area (Å²) in [5.74, 6) is -0.485. The molecule has 4 nitrogen and oxygen atoms in total. The van der Waals surface area contributed by atoms with Gasteiger partial charge in [0.05, 0.1) is 18.6 Å². The van der Waals surface area contributed by atoms with Crippen molar-refractivity contribution in [2.75, 3.05) is 0 Å². The van der Waals surface area contributed by atoms with Crippen molar-refractivity contribution in [2.24, 2.45) is 11.8 Å². The standard InChI is InChI=1S/C14H28O4/c1-9(2)7-12(8-13(15)16)14(17-10(3)4)18-11(5)6/h9-12,14H,7-8H2,1-6H3,(H,15,16). The van der Waals surface area contributed by atoms with E-state index in [1.807, 2.05) is 27.7 Å². The fourth-order valence-electron chi connectivity index (χ4n) is 1.91. The van der Waals surface area contributed by atoms with E-state index in [0.717, 1.165) is 6.42 Å². The van der Waals surface area contributed by atoms with Crippen molar-refractivity contribution in [1.82, 2.24) is 0 Å². The van der Waals surface area contributed by atoms with E-state index in [2.05, 4.69) is 13.8 Å². The number of aliphatic carboxylic acids is 1. The van der Waals surface area contributed by atoms with Crippen LogP contribution in [0.5, 0.6) is 0 Å². The summed E-state index contributed by atoms with van der Waals surface area (Å²) in [7, 11) is 0. The fourth-order valence-corrected chi connectivity index (χ4v) is 1.91. The van der Waals surface area contributed by atoms with Gasteiger partial charge in [-0.25, -0.2) is 0 Å². The third kappa shape index (κ3) is 8.48. The summed E-state index contributed by atoms with van der Waals surface area (Å²) in [6.07, 6.45) is 0.483. The summed E-state index contributed by atoms with van der Waals surface area (Å²) in [6.45, 7) is 11.9. The minimum absolute atomic E-state index is 0.0252. The van der Waals surface area contributed by atoms with Crippen molar-refractivity contribution in [2.45, 2.75) is 72.9 Å². The van der Waals surface area contributed by atoms with Crippen LogP contribution in [-0.4, -0.2) is 29.6 Å². The van der Waals surface area contributed by atoms with Crippen molar-refractivity contribution in [3.8, 4) is 0 Å². The topological polar surface area (TPSA) is 55.8 Å². The molecule has 1 atom stereocenters. The summed E-state index contributed by atoms with van der Waals surface area (Å²) in [6, 6.07) is 0. The average Bonchev–Trinajstić information content (AvgIpc) is 2.12. The van der Waals surface area contributed by atoms with E-state index in [-0.39, 0.29) is 24.5 Å². The maximum absolute atomic E-state index is 11.0. The summed E-state index contributed by atoms with van der Waals surface area (Å²) >= 11 is 0. The minimum atomic E-state index is -0.801. The summed E-state index contributed by atoms with van der Waals surface area (Å²) in [4.78, 5) is 11.0. The van der Waals surface area contributed by atoms with Gasteiger partial charge in [-0.15, -0.1) is 0 Å². The van der Waals surface area contributed by atoms with Crippen LogP contribution in [0.15, 0.2) is 0 Å². The predicted octanol–water partition coefficient (Wildman–Crippen LogP) is 3.30. The molecule has 0 amide bonds. The molecule has 4 heteroatoms. The lowest BCUT2D eigenvalue weighted by Gasteiger charge is -2.30. The molecule has 0 saturated heterocycles. The number of ether oxygens (including phenoxy) is 2. The van der Waals surface area contributed by atoms with Crippen LogP contribution in [0.3, 0.4) is 0 Å². The van der Waals surface area contributed by atoms with Gasteiger partial charge in [0, 0.05) is 5.92 Å². The van der Waals surface area contributed by atoms with E-state index in [0.29, 0.717) is 5.92 Å². The Morgan fingerprint density at radius 2 is 1.44 bits per heavy atom. The molecule has 0 bridgehead atoms. The van der Waals surface area contributed by atoms with Gasteiger partial charge in [0.25, 0.3) is 0 Å². The van der Waals surface area contributed by atoms with Crippen molar-refractivity contribution >= 4 is 5.97 Å². The minimum Gasteiger partial charge on any atom is -0.481 e. The van der Waals surface area contributed by atoms with Gasteiger partial charge in [0.15, 0.2) is 6.29 Å². The Hall–Kier alpha value is -0.610. The van der Waals surface area contributed by atoms with Crippen LogP contribution in [0.2, 0.25) is 0 Å². The lowest BCUT2D eigenvalue weighted by molar-refractivity contribution is -0.212. The smallest absolute Gasteiger partial charge is 0.303 e. The van der Waals surface area contributed by atoms with Gasteiger partial charge in [0.1, 0.15) is 0 Å². The van der Waals surface area contributed by atoms with Gasteiger partial charge >= 0.3 is 5.97 Å². The normalized spacial score (nSPS) is 13.9. The van der Waals surface area contributed by atoms with E-state index < -0.39 is 12.3 Å². The van der Waals surface area contributed by atoms with Crippen molar-refractivity contribution in [3.63, 3.8) is 0 Å². The summed E-state index contributed by atoms with van der Waals surface area (Å²) in [5.41, 5.74) is 0. The average molecular weight is 260 g/mol. The van der Waals surface area contributed by atoms with Crippen LogP contribution < -0.4 is 0 Å². The molecular weight excluding hydrogens is 232 g/mol. The molecule has 108 valence electrons. The molecule has 0 saturated carbocycles. The van der Waals surface area contributed by atoms with Gasteiger partial charge < -0.3 is 14.6 Å². The van der Waals surface area contributed by atoms with Gasteiger partial charge in [-0.3, -0.25) is 4.79 Å². The second kappa shape index (κ2) is 8.48. The highest BCUT2D eigenvalue weighted by Gasteiger charge is 2.28. The SMILES string of the molecule is CC(C)CC(CC(=O)O)C(OC(C)C)OC(C)C. The molecule has 0 aliphatic rings. The largest absolute Gasteiger partial charge is 0.481 e. The van der Waals surface area contributed by atoms with Gasteiger partial charge in [-0.05, 0) is 40.0 Å². The van der Waals surface area contributed by atoms with Crippen molar-refractivity contribution < 1.29 is 19.4 Å². The molecule has 0 spiro atoms. The summed E-state index contributed by atoms with van der Waals surface area (Å²) in [5, 5.41) is 9.00. The molecule has 0 aliphatic carbocycles. The fraction of sp³-hybridized carbons (Fsp3) is 0.929. The Balaban J connectivity index is 4.74. The second-order valence-corrected chi connectivity index (χ2v) is 5.73. The first-order valence-electron chi connectivity index (χ1n) is 6.75. The maximum Gasteiger partial charge on any atom is 0.303 e. The van der Waals surface area contributed by atoms with Crippen LogP contribution in [-0.2, 0) is 14.3 Å². The third-order valence-corrected chi connectivity index (χ3v) is 2.41. The first-order chi connectivity index (χ1) is 8.22. The highest BCUT2D eigenvalue weighted by molar-refractivity contribution is 5.67. The lowest BCUT2D eigenvalue weighted by atomic mass is 9.93. The Morgan fingerprint density at radius 3 is 1.72 bits per heavy atom. The number of carboxylic acid groups (broad SMARTS) is 1. The molecule has 0 radical (unpaired) electrons. The van der Waals surface area contributed by atoms with E-state index >= 15 is 0 Å². The van der Waals surface area contributed by atoms with Crippen LogP contribution in [0, 0.1) is 11.8 Å². The molecule has 0 aromatic rings. The number of carboxylic acids is 1. The van der Waals surface area contributed by atoms with Crippen LogP contribution >= 0.6 is 0 Å². The Bertz CT molecular complexity index is 226. The van der Waals surface area contributed by atoms with Crippen LogP contribution in [0.25, 0.3) is 0 Å². The summed E-state index contributed by atoms with van der Waals surface area (Å²) < 4.78 is 11.5. The number of carbonyl (C=O) groups is 1. The molecule has 18 heavy (non-hydrogen) atoms. The first kappa shape index (κ1) is 17.4. The third-order valence-electron chi connectivity index (χ3n) is 2.41. The zero-order valence-electron chi connectivity index (χ0n) is 12.5. The zero-order chi connectivity index (χ0) is 14.3. The predicted molar refractivity (Wildman–Crippen MR) is 71.4 cm³/mol. The molecule has 0 aromatic carbocycles. The second-order valence-electron chi connectivity index (χ2n) is 5.73. The number of hydrogen-bond donors (Lipinski definition) is 1. The van der Waals surface area contributed by atoms with E-state index in [1.165, 1.54) is 0 Å². The molecule has 0 fully saturated rings. The van der Waals surface area contributed by atoms with E-state index in [9.17, 15) is 4.79 Å². The molecule has 0 heterocycles. The zero-order valence-corrected chi connectivity index (χ0v) is 12.5. The molecule has 1 N–H and O–H groups in total. The van der Waals surface area contributed by atoms with Crippen molar-refractivity contribution in [3.05, 3.63) is 0 Å². The van der Waals surface area contributed by atoms with Gasteiger partial charge in [-0.2, -0.15) is 0 Å². The maximum atomic E-state index is 11.0. The molecular formula is C14H28O4.